The maximum Gasteiger partial charge on any atom is 0.254 e. The Hall–Kier alpha value is -2.45. The fourth-order valence-electron chi connectivity index (χ4n) is 5.38. The molecule has 0 aromatic heterocycles. The second-order valence-electron chi connectivity index (χ2n) is 9.84. The third kappa shape index (κ3) is 5.54. The largest absolute Gasteiger partial charge is 0.390 e. The summed E-state index contributed by atoms with van der Waals surface area (Å²) in [6, 6.07) is 13.6. The highest BCUT2D eigenvalue weighted by atomic mass is 35.5. The molecule has 7 nitrogen and oxygen atoms in total. The summed E-state index contributed by atoms with van der Waals surface area (Å²) in [5, 5.41) is 16.7. The number of aliphatic hydroxyl groups is 1. The van der Waals surface area contributed by atoms with Crippen molar-refractivity contribution in [2.45, 2.75) is 56.4 Å². The van der Waals surface area contributed by atoms with E-state index in [1.807, 2.05) is 17.0 Å². The molecular formula is C27H32ClN3O4. The number of amides is 2. The van der Waals surface area contributed by atoms with E-state index in [0.717, 1.165) is 32.1 Å². The fourth-order valence-corrected chi connectivity index (χ4v) is 5.65. The number of aliphatic hydroxyl groups excluding tert-OH is 1. The highest BCUT2D eigenvalue weighted by Gasteiger charge is 2.35. The lowest BCUT2D eigenvalue weighted by Crippen LogP contribution is -2.50. The minimum absolute atomic E-state index is 0.0744. The van der Waals surface area contributed by atoms with Gasteiger partial charge in [-0.25, -0.2) is 0 Å². The van der Waals surface area contributed by atoms with Crippen molar-refractivity contribution in [3.8, 4) is 0 Å². The van der Waals surface area contributed by atoms with E-state index in [4.69, 9.17) is 16.3 Å². The number of fused-ring (bicyclic) bond motifs is 5. The van der Waals surface area contributed by atoms with Gasteiger partial charge in [-0.3, -0.25) is 9.59 Å². The molecule has 4 aliphatic rings. The van der Waals surface area contributed by atoms with Gasteiger partial charge < -0.3 is 25.4 Å². The molecule has 2 aromatic rings. The molecule has 2 unspecified atom stereocenters. The Morgan fingerprint density at radius 2 is 1.89 bits per heavy atom. The first-order valence-corrected chi connectivity index (χ1v) is 12.8. The maximum atomic E-state index is 13.1. The lowest BCUT2D eigenvalue weighted by molar-refractivity contribution is -0.0393. The molecule has 3 atom stereocenters. The second-order valence-corrected chi connectivity index (χ2v) is 10.2. The number of nitrogens with zero attached hydrogens (tertiary/aromatic N) is 1. The number of carbonyl (C=O) groups excluding carboxylic acids is 2. The predicted molar refractivity (Wildman–Crippen MR) is 134 cm³/mol. The number of nitrogens with one attached hydrogen (secondary N) is 2. The van der Waals surface area contributed by atoms with Crippen LogP contribution in [0.5, 0.6) is 0 Å². The van der Waals surface area contributed by atoms with Crippen LogP contribution in [0.2, 0.25) is 5.02 Å². The van der Waals surface area contributed by atoms with Crippen molar-refractivity contribution in [1.29, 1.82) is 0 Å². The first-order chi connectivity index (χ1) is 17.0. The van der Waals surface area contributed by atoms with Gasteiger partial charge in [0.05, 0.1) is 35.4 Å². The molecule has 186 valence electrons. The van der Waals surface area contributed by atoms with Crippen molar-refractivity contribution < 1.29 is 19.4 Å². The molecule has 1 aliphatic carbocycles. The fraction of sp³-hybridized carbons (Fsp3) is 0.481. The van der Waals surface area contributed by atoms with Crippen LogP contribution in [-0.4, -0.2) is 72.4 Å². The van der Waals surface area contributed by atoms with E-state index in [1.54, 1.807) is 18.2 Å². The highest BCUT2D eigenvalue weighted by molar-refractivity contribution is 6.34. The molecule has 3 fully saturated rings. The zero-order valence-electron chi connectivity index (χ0n) is 19.7. The maximum absolute atomic E-state index is 13.1. The van der Waals surface area contributed by atoms with Crippen molar-refractivity contribution in [2.24, 2.45) is 0 Å². The Kier molecular flexibility index (Phi) is 7.39. The number of rotatable bonds is 7. The molecule has 2 aromatic carbocycles. The Bertz CT molecular complexity index is 1060. The highest BCUT2D eigenvalue weighted by Crippen LogP contribution is 2.28. The average molecular weight is 498 g/mol. The normalized spacial score (nSPS) is 22.5. The van der Waals surface area contributed by atoms with Crippen LogP contribution in [0.4, 0.5) is 0 Å². The second kappa shape index (κ2) is 10.7. The van der Waals surface area contributed by atoms with Gasteiger partial charge in [0, 0.05) is 31.2 Å². The van der Waals surface area contributed by atoms with Gasteiger partial charge in [-0.1, -0.05) is 35.9 Å². The molecule has 0 radical (unpaired) electrons. The predicted octanol–water partition coefficient (Wildman–Crippen LogP) is 2.58. The summed E-state index contributed by atoms with van der Waals surface area (Å²) in [4.78, 5) is 27.7. The van der Waals surface area contributed by atoms with Gasteiger partial charge in [-0.2, -0.15) is 0 Å². The van der Waals surface area contributed by atoms with Crippen LogP contribution in [0.1, 0.15) is 51.1 Å². The number of morpholine rings is 1. The number of halogens is 1. The molecule has 6 rings (SSSR count). The molecule has 3 aliphatic heterocycles. The number of ether oxygens (including phenoxy) is 1. The van der Waals surface area contributed by atoms with Crippen molar-refractivity contribution in [3.05, 3.63) is 69.7 Å². The summed E-state index contributed by atoms with van der Waals surface area (Å²) in [6.45, 7) is 1.68. The Morgan fingerprint density at radius 1 is 1.11 bits per heavy atom. The van der Waals surface area contributed by atoms with Crippen molar-refractivity contribution in [1.82, 2.24) is 15.5 Å². The quantitative estimate of drug-likeness (QED) is 0.547. The molecular weight excluding hydrogens is 466 g/mol. The van der Waals surface area contributed by atoms with Crippen LogP contribution in [0.25, 0.3) is 0 Å². The lowest BCUT2D eigenvalue weighted by atomic mass is 10.1. The zero-order valence-corrected chi connectivity index (χ0v) is 20.5. The van der Waals surface area contributed by atoms with Crippen LogP contribution in [0, 0.1) is 0 Å². The first kappa shape index (κ1) is 24.3. The van der Waals surface area contributed by atoms with Gasteiger partial charge in [-0.05, 0) is 61.4 Å². The summed E-state index contributed by atoms with van der Waals surface area (Å²) in [6.07, 6.45) is 4.26. The minimum atomic E-state index is -0.719. The van der Waals surface area contributed by atoms with E-state index in [2.05, 4.69) is 22.8 Å². The molecule has 3 saturated heterocycles. The Labute approximate surface area is 210 Å². The molecule has 2 bridgehead atoms. The monoisotopic (exact) mass is 497 g/mol. The topological polar surface area (TPSA) is 90.9 Å². The average Bonchev–Trinajstić information content (AvgIpc) is 3.01. The van der Waals surface area contributed by atoms with Crippen molar-refractivity contribution in [3.63, 3.8) is 0 Å². The third-order valence-corrected chi connectivity index (χ3v) is 7.65. The van der Waals surface area contributed by atoms with Gasteiger partial charge >= 0.3 is 0 Å². The van der Waals surface area contributed by atoms with Crippen LogP contribution in [0.3, 0.4) is 0 Å². The summed E-state index contributed by atoms with van der Waals surface area (Å²) in [5.41, 5.74) is 3.46. The zero-order chi connectivity index (χ0) is 24.4. The van der Waals surface area contributed by atoms with Crippen LogP contribution < -0.4 is 10.6 Å². The number of hydrogen-bond acceptors (Lipinski definition) is 5. The molecule has 3 N–H and O–H groups in total. The number of hydrogen-bond donors (Lipinski definition) is 3. The van der Waals surface area contributed by atoms with E-state index in [0.29, 0.717) is 31.3 Å². The van der Waals surface area contributed by atoms with Gasteiger partial charge in [-0.15, -0.1) is 0 Å². The molecule has 8 heteroatoms. The van der Waals surface area contributed by atoms with Gasteiger partial charge in [0.25, 0.3) is 11.8 Å². The Balaban J connectivity index is 1.11. The standard InChI is InChI=1S/C27H32ClN3O4/c28-25-12-19(27(34)31-15-23-7-3-6-21(31)16-35-23)8-9-24(25)26(33)30-14-22(32)13-29-20-10-17-4-1-2-5-18(17)11-20/h1-2,4-5,8-9,12,20-23,29,32H,3,6-7,10-11,13-16H2,(H,30,33)/t21?,22-,23?/m0/s1. The van der Waals surface area contributed by atoms with Crippen LogP contribution in [0.15, 0.2) is 42.5 Å². The first-order valence-electron chi connectivity index (χ1n) is 12.5. The molecule has 2 amide bonds. The summed E-state index contributed by atoms with van der Waals surface area (Å²) >= 11 is 6.39. The van der Waals surface area contributed by atoms with Gasteiger partial charge in [0.2, 0.25) is 0 Å². The lowest BCUT2D eigenvalue weighted by Gasteiger charge is -2.36. The molecule has 0 spiro atoms. The smallest absolute Gasteiger partial charge is 0.254 e. The van der Waals surface area contributed by atoms with E-state index < -0.39 is 6.10 Å². The van der Waals surface area contributed by atoms with Gasteiger partial charge in [0.1, 0.15) is 0 Å². The third-order valence-electron chi connectivity index (χ3n) is 7.34. The van der Waals surface area contributed by atoms with E-state index in [-0.39, 0.29) is 41.1 Å². The van der Waals surface area contributed by atoms with Crippen LogP contribution >= 0.6 is 11.6 Å². The van der Waals surface area contributed by atoms with E-state index >= 15 is 0 Å². The van der Waals surface area contributed by atoms with Crippen molar-refractivity contribution in [2.75, 3.05) is 26.2 Å². The minimum Gasteiger partial charge on any atom is -0.390 e. The summed E-state index contributed by atoms with van der Waals surface area (Å²) in [7, 11) is 0. The molecule has 35 heavy (non-hydrogen) atoms. The SMILES string of the molecule is O=C(NC[C@@H](O)CNC1Cc2ccccc2C1)c1ccc(C(=O)N2CC3CCCC2CO3)cc1Cl. The molecule has 3 heterocycles. The Morgan fingerprint density at radius 3 is 2.63 bits per heavy atom. The van der Waals surface area contributed by atoms with E-state index in [9.17, 15) is 14.7 Å². The summed E-state index contributed by atoms with van der Waals surface area (Å²) < 4.78 is 5.80. The summed E-state index contributed by atoms with van der Waals surface area (Å²) in [5.74, 6) is -0.446. The van der Waals surface area contributed by atoms with Crippen LogP contribution in [-0.2, 0) is 17.6 Å². The van der Waals surface area contributed by atoms with E-state index in [1.165, 1.54) is 11.1 Å². The number of benzene rings is 2. The van der Waals surface area contributed by atoms with Crippen molar-refractivity contribution >= 4 is 23.4 Å². The molecule has 0 saturated carbocycles. The van der Waals surface area contributed by atoms with Gasteiger partial charge in [0.15, 0.2) is 0 Å². The number of carbonyl (C=O) groups is 2.